The molecule has 2 saturated heterocycles. The van der Waals surface area contributed by atoms with Crippen LogP contribution in [0.15, 0.2) is 10.6 Å². The van der Waals surface area contributed by atoms with Gasteiger partial charge in [-0.25, -0.2) is 12.8 Å². The molecular weight excluding hydrogens is 423 g/mol. The molecule has 2 bridgehead atoms. The van der Waals surface area contributed by atoms with E-state index in [1.165, 1.54) is 6.07 Å². The van der Waals surface area contributed by atoms with Crippen LogP contribution in [0.25, 0.3) is 0 Å². The number of hydrogen-bond acceptors (Lipinski definition) is 6. The average molecular weight is 455 g/mol. The highest BCUT2D eigenvalue weighted by Gasteiger charge is 2.47. The summed E-state index contributed by atoms with van der Waals surface area (Å²) in [5.41, 5.74) is 6.12. The fraction of sp³-hybridized carbons (Fsp3) is 0.810. The van der Waals surface area contributed by atoms with Gasteiger partial charge in [0.2, 0.25) is 10.0 Å². The van der Waals surface area contributed by atoms with Crippen molar-refractivity contribution in [2.45, 2.75) is 94.0 Å². The zero-order valence-corrected chi connectivity index (χ0v) is 18.4. The van der Waals surface area contributed by atoms with Crippen molar-refractivity contribution in [1.82, 2.24) is 14.8 Å². The number of rotatable bonds is 6. The topological polar surface area (TPSA) is 119 Å². The Morgan fingerprint density at radius 2 is 1.81 bits per heavy atom. The predicted molar refractivity (Wildman–Crippen MR) is 112 cm³/mol. The Bertz CT molecular complexity index is 916. The van der Waals surface area contributed by atoms with Crippen molar-refractivity contribution in [1.29, 1.82) is 0 Å². The Hall–Kier alpha value is -1.52. The number of nitrogens with zero attached hydrogens (tertiary/aromatic N) is 2. The van der Waals surface area contributed by atoms with Gasteiger partial charge in [0.25, 0.3) is 5.91 Å². The SMILES string of the molecule is NC1CCC(CS(=O)(=O)N2C3CC[C@H]2CC(NC(=O)c2cc([C@@H]4C[C@H]4F)on2)C3)CC1. The molecule has 5 rings (SSSR count). The van der Waals surface area contributed by atoms with Gasteiger partial charge in [-0.3, -0.25) is 4.79 Å². The number of alkyl halides is 1. The van der Waals surface area contributed by atoms with Crippen LogP contribution < -0.4 is 11.1 Å². The molecule has 31 heavy (non-hydrogen) atoms. The number of piperidine rings is 1. The van der Waals surface area contributed by atoms with E-state index in [2.05, 4.69) is 10.5 Å². The largest absolute Gasteiger partial charge is 0.360 e. The van der Waals surface area contributed by atoms with Crippen LogP contribution in [0.2, 0.25) is 0 Å². The molecule has 10 heteroatoms. The molecule has 1 aromatic rings. The van der Waals surface area contributed by atoms with Crippen molar-refractivity contribution in [3.8, 4) is 0 Å². The first-order valence-electron chi connectivity index (χ1n) is 11.5. The summed E-state index contributed by atoms with van der Waals surface area (Å²) in [5, 5.41) is 6.77. The van der Waals surface area contributed by atoms with Crippen molar-refractivity contribution in [3.63, 3.8) is 0 Å². The van der Waals surface area contributed by atoms with Gasteiger partial charge in [-0.2, -0.15) is 4.31 Å². The molecule has 1 aromatic heterocycles. The van der Waals surface area contributed by atoms with Gasteiger partial charge in [-0.1, -0.05) is 5.16 Å². The van der Waals surface area contributed by atoms with Crippen LogP contribution in [0, 0.1) is 5.92 Å². The maximum absolute atomic E-state index is 13.2. The van der Waals surface area contributed by atoms with Gasteiger partial charge in [0.1, 0.15) is 11.9 Å². The molecule has 2 aliphatic heterocycles. The average Bonchev–Trinajstić information content (AvgIpc) is 3.13. The maximum atomic E-state index is 13.2. The van der Waals surface area contributed by atoms with Crippen molar-refractivity contribution in [2.24, 2.45) is 11.7 Å². The van der Waals surface area contributed by atoms with Crippen LogP contribution in [0.1, 0.15) is 80.0 Å². The summed E-state index contributed by atoms with van der Waals surface area (Å²) < 4.78 is 46.4. The monoisotopic (exact) mass is 454 g/mol. The minimum Gasteiger partial charge on any atom is -0.360 e. The molecule has 3 heterocycles. The van der Waals surface area contributed by atoms with E-state index in [0.717, 1.165) is 38.5 Å². The fourth-order valence-corrected chi connectivity index (χ4v) is 8.13. The first kappa shape index (κ1) is 21.3. The standard InChI is InChI=1S/C21H31FN4O4S/c22-18-9-17(18)20-10-19(25-30-20)21(27)24-14-7-15-5-6-16(8-14)26(15)31(28,29)11-12-1-3-13(23)4-2-12/h10,12-18H,1-9,11,23H2,(H,24,27)/t12?,13?,14?,15-,16?,17+,18+/m0/s1. The first-order chi connectivity index (χ1) is 14.8. The van der Waals surface area contributed by atoms with Crippen LogP contribution >= 0.6 is 0 Å². The molecule has 3 N–H and O–H groups in total. The number of hydrogen-bond donors (Lipinski definition) is 2. The highest BCUT2D eigenvalue weighted by atomic mass is 32.2. The summed E-state index contributed by atoms with van der Waals surface area (Å²) in [6.45, 7) is 0. The highest BCUT2D eigenvalue weighted by molar-refractivity contribution is 7.89. The van der Waals surface area contributed by atoms with E-state index < -0.39 is 16.2 Å². The summed E-state index contributed by atoms with van der Waals surface area (Å²) in [6, 6.07) is 1.50. The van der Waals surface area contributed by atoms with Crippen LogP contribution in [0.4, 0.5) is 4.39 Å². The minimum atomic E-state index is -3.33. The second-order valence-electron chi connectivity index (χ2n) is 9.89. The number of sulfonamides is 1. The lowest BCUT2D eigenvalue weighted by Crippen LogP contribution is -2.53. The molecule has 0 aromatic carbocycles. The third-order valence-corrected chi connectivity index (χ3v) is 9.63. The molecule has 2 unspecified atom stereocenters. The van der Waals surface area contributed by atoms with Crippen molar-refractivity contribution in [2.75, 3.05) is 5.75 Å². The number of carbonyl (C=O) groups is 1. The molecule has 4 fully saturated rings. The molecule has 5 atom stereocenters. The zero-order chi connectivity index (χ0) is 21.8. The third kappa shape index (κ3) is 4.39. The third-order valence-electron chi connectivity index (χ3n) is 7.50. The second-order valence-corrected chi connectivity index (χ2v) is 11.8. The number of nitrogens with two attached hydrogens (primary N) is 1. The van der Waals surface area contributed by atoms with E-state index in [9.17, 15) is 17.6 Å². The van der Waals surface area contributed by atoms with Gasteiger partial charge in [-0.15, -0.1) is 0 Å². The number of halogens is 1. The fourth-order valence-electron chi connectivity index (χ4n) is 5.73. The second kappa shape index (κ2) is 8.12. The van der Waals surface area contributed by atoms with Crippen molar-refractivity contribution < 1.29 is 22.1 Å². The van der Waals surface area contributed by atoms with Gasteiger partial charge in [0.15, 0.2) is 5.69 Å². The zero-order valence-electron chi connectivity index (χ0n) is 17.6. The molecule has 0 spiro atoms. The predicted octanol–water partition coefficient (Wildman–Crippen LogP) is 2.07. The van der Waals surface area contributed by atoms with Gasteiger partial charge in [0, 0.05) is 30.2 Å². The van der Waals surface area contributed by atoms with Crippen LogP contribution in [-0.4, -0.2) is 59.9 Å². The van der Waals surface area contributed by atoms with E-state index in [4.69, 9.17) is 10.3 Å². The Balaban J connectivity index is 1.18. The Kier molecular flexibility index (Phi) is 5.58. The molecule has 2 saturated carbocycles. The maximum Gasteiger partial charge on any atom is 0.273 e. The lowest BCUT2D eigenvalue weighted by Gasteiger charge is -2.39. The molecule has 8 nitrogen and oxygen atoms in total. The smallest absolute Gasteiger partial charge is 0.273 e. The van der Waals surface area contributed by atoms with Crippen LogP contribution in [0.3, 0.4) is 0 Å². The molecular formula is C21H31FN4O4S. The summed E-state index contributed by atoms with van der Waals surface area (Å²) in [5.74, 6) is 0.201. The molecule has 172 valence electrons. The van der Waals surface area contributed by atoms with E-state index in [1.54, 1.807) is 4.31 Å². The number of aromatic nitrogens is 1. The lowest BCUT2D eigenvalue weighted by atomic mass is 9.88. The van der Waals surface area contributed by atoms with E-state index in [-0.39, 0.29) is 53.4 Å². The van der Waals surface area contributed by atoms with Crippen LogP contribution in [0.5, 0.6) is 0 Å². The van der Waals surface area contributed by atoms with Gasteiger partial charge < -0.3 is 15.6 Å². The highest BCUT2D eigenvalue weighted by Crippen LogP contribution is 2.43. The lowest BCUT2D eigenvalue weighted by molar-refractivity contribution is 0.0900. The van der Waals surface area contributed by atoms with E-state index >= 15 is 0 Å². The Labute approximate surface area is 182 Å². The molecule has 2 aliphatic carbocycles. The number of nitrogens with one attached hydrogen (secondary N) is 1. The summed E-state index contributed by atoms with van der Waals surface area (Å²) in [6.07, 6.45) is 5.95. The van der Waals surface area contributed by atoms with Crippen molar-refractivity contribution >= 4 is 15.9 Å². The summed E-state index contributed by atoms with van der Waals surface area (Å²) in [7, 11) is -3.33. The minimum absolute atomic E-state index is 0.0634. The molecule has 0 radical (unpaired) electrons. The van der Waals surface area contributed by atoms with E-state index in [0.29, 0.717) is 25.0 Å². The van der Waals surface area contributed by atoms with E-state index in [1.807, 2.05) is 0 Å². The Morgan fingerprint density at radius 3 is 2.42 bits per heavy atom. The normalized spacial score (nSPS) is 38.2. The van der Waals surface area contributed by atoms with Gasteiger partial charge in [0.05, 0.1) is 11.7 Å². The molecule has 1 amide bonds. The molecule has 4 aliphatic rings. The Morgan fingerprint density at radius 1 is 1.16 bits per heavy atom. The van der Waals surface area contributed by atoms with Crippen LogP contribution in [-0.2, 0) is 10.0 Å². The van der Waals surface area contributed by atoms with Gasteiger partial charge >= 0.3 is 0 Å². The first-order valence-corrected chi connectivity index (χ1v) is 13.1. The number of carbonyl (C=O) groups excluding carboxylic acids is 1. The summed E-state index contributed by atoms with van der Waals surface area (Å²) >= 11 is 0. The number of amides is 1. The quantitative estimate of drug-likeness (QED) is 0.679. The number of fused-ring (bicyclic) bond motifs is 2. The van der Waals surface area contributed by atoms with Crippen molar-refractivity contribution in [3.05, 3.63) is 17.5 Å². The van der Waals surface area contributed by atoms with Gasteiger partial charge in [-0.05, 0) is 63.7 Å². The summed E-state index contributed by atoms with van der Waals surface area (Å²) in [4.78, 5) is 12.6.